The SMILES string of the molecule is CC1(C)CN(c2cccc(Cl)c2)CCC1CO. The number of rotatable bonds is 2. The molecule has 0 aliphatic carbocycles. The predicted octanol–water partition coefficient (Wildman–Crippen LogP) is 3.18. The predicted molar refractivity (Wildman–Crippen MR) is 72.6 cm³/mol. The molecule has 0 radical (unpaired) electrons. The first kappa shape index (κ1) is 12.7. The van der Waals surface area contributed by atoms with Crippen LogP contribution in [0.2, 0.25) is 5.02 Å². The summed E-state index contributed by atoms with van der Waals surface area (Å²) in [6, 6.07) is 8.00. The summed E-state index contributed by atoms with van der Waals surface area (Å²) < 4.78 is 0. The van der Waals surface area contributed by atoms with Gasteiger partial charge in [-0.2, -0.15) is 0 Å². The zero-order valence-electron chi connectivity index (χ0n) is 10.5. The van der Waals surface area contributed by atoms with Gasteiger partial charge in [0.05, 0.1) is 0 Å². The van der Waals surface area contributed by atoms with Crippen molar-refractivity contribution < 1.29 is 5.11 Å². The molecule has 1 atom stereocenters. The lowest BCUT2D eigenvalue weighted by molar-refractivity contribution is 0.0973. The molecule has 0 spiro atoms. The van der Waals surface area contributed by atoms with E-state index in [2.05, 4.69) is 24.8 Å². The molecular formula is C14H20ClNO. The summed E-state index contributed by atoms with van der Waals surface area (Å²) in [5, 5.41) is 10.2. The first-order valence-electron chi connectivity index (χ1n) is 6.14. The third-order valence-electron chi connectivity index (χ3n) is 3.84. The maximum absolute atomic E-state index is 9.39. The van der Waals surface area contributed by atoms with Gasteiger partial charge in [0.15, 0.2) is 0 Å². The highest BCUT2D eigenvalue weighted by atomic mass is 35.5. The molecule has 2 rings (SSSR count). The molecule has 1 N–H and O–H groups in total. The van der Waals surface area contributed by atoms with Crippen LogP contribution >= 0.6 is 11.6 Å². The van der Waals surface area contributed by atoms with E-state index >= 15 is 0 Å². The van der Waals surface area contributed by atoms with Crippen LogP contribution in [0.25, 0.3) is 0 Å². The van der Waals surface area contributed by atoms with E-state index in [1.807, 2.05) is 18.2 Å². The van der Waals surface area contributed by atoms with Crippen LogP contribution < -0.4 is 4.90 Å². The monoisotopic (exact) mass is 253 g/mol. The van der Waals surface area contributed by atoms with Crippen LogP contribution in [0, 0.1) is 11.3 Å². The minimum Gasteiger partial charge on any atom is -0.396 e. The van der Waals surface area contributed by atoms with E-state index in [0.717, 1.165) is 24.5 Å². The van der Waals surface area contributed by atoms with Gasteiger partial charge < -0.3 is 10.0 Å². The van der Waals surface area contributed by atoms with Gasteiger partial charge in [0.1, 0.15) is 0 Å². The summed E-state index contributed by atoms with van der Waals surface area (Å²) >= 11 is 6.02. The molecule has 1 aliphatic rings. The lowest BCUT2D eigenvalue weighted by Crippen LogP contribution is -2.47. The standard InChI is InChI=1S/C14H20ClNO/c1-14(2)10-16(7-6-11(14)9-17)13-5-3-4-12(15)8-13/h3-5,8,11,17H,6-7,9-10H2,1-2H3. The smallest absolute Gasteiger partial charge is 0.0465 e. The van der Waals surface area contributed by atoms with Gasteiger partial charge >= 0.3 is 0 Å². The number of hydrogen-bond acceptors (Lipinski definition) is 2. The molecule has 1 fully saturated rings. The van der Waals surface area contributed by atoms with Crippen molar-refractivity contribution in [2.75, 3.05) is 24.6 Å². The van der Waals surface area contributed by atoms with Crippen LogP contribution in [0.15, 0.2) is 24.3 Å². The summed E-state index contributed by atoms with van der Waals surface area (Å²) in [5.41, 5.74) is 1.33. The summed E-state index contributed by atoms with van der Waals surface area (Å²) in [7, 11) is 0. The minimum atomic E-state index is 0.148. The highest BCUT2D eigenvalue weighted by Gasteiger charge is 2.35. The second kappa shape index (κ2) is 4.87. The van der Waals surface area contributed by atoms with E-state index in [1.54, 1.807) is 0 Å². The number of halogens is 1. The number of anilines is 1. The van der Waals surface area contributed by atoms with Crippen LogP contribution in [-0.4, -0.2) is 24.8 Å². The molecule has 0 saturated carbocycles. The van der Waals surface area contributed by atoms with Crippen molar-refractivity contribution in [2.24, 2.45) is 11.3 Å². The lowest BCUT2D eigenvalue weighted by atomic mass is 9.74. The van der Waals surface area contributed by atoms with Crippen molar-refractivity contribution >= 4 is 17.3 Å². The fourth-order valence-corrected chi connectivity index (χ4v) is 2.82. The first-order valence-corrected chi connectivity index (χ1v) is 6.52. The van der Waals surface area contributed by atoms with Crippen LogP contribution in [0.5, 0.6) is 0 Å². The van der Waals surface area contributed by atoms with Crippen LogP contribution in [0.1, 0.15) is 20.3 Å². The van der Waals surface area contributed by atoms with E-state index in [4.69, 9.17) is 11.6 Å². The van der Waals surface area contributed by atoms with Crippen molar-refractivity contribution in [1.29, 1.82) is 0 Å². The van der Waals surface area contributed by atoms with Crippen LogP contribution in [0.4, 0.5) is 5.69 Å². The van der Waals surface area contributed by atoms with Crippen LogP contribution in [-0.2, 0) is 0 Å². The van der Waals surface area contributed by atoms with Gasteiger partial charge in [-0.1, -0.05) is 31.5 Å². The molecule has 2 nitrogen and oxygen atoms in total. The molecule has 1 aromatic carbocycles. The highest BCUT2D eigenvalue weighted by Crippen LogP contribution is 2.36. The Morgan fingerprint density at radius 3 is 2.82 bits per heavy atom. The van der Waals surface area contributed by atoms with E-state index in [-0.39, 0.29) is 12.0 Å². The second-order valence-corrected chi connectivity index (χ2v) is 5.99. The van der Waals surface area contributed by atoms with Gasteiger partial charge in [-0.25, -0.2) is 0 Å². The molecule has 3 heteroatoms. The van der Waals surface area contributed by atoms with E-state index in [0.29, 0.717) is 5.92 Å². The average molecular weight is 254 g/mol. The number of nitrogens with zero attached hydrogens (tertiary/aromatic N) is 1. The number of piperidine rings is 1. The molecule has 1 aliphatic heterocycles. The fourth-order valence-electron chi connectivity index (χ4n) is 2.63. The van der Waals surface area contributed by atoms with Gasteiger partial charge in [-0.15, -0.1) is 0 Å². The van der Waals surface area contributed by atoms with Crippen LogP contribution in [0.3, 0.4) is 0 Å². The Hall–Kier alpha value is -0.730. The van der Waals surface area contributed by atoms with Crippen molar-refractivity contribution in [3.05, 3.63) is 29.3 Å². The maximum Gasteiger partial charge on any atom is 0.0465 e. The number of benzene rings is 1. The number of hydrogen-bond donors (Lipinski definition) is 1. The Labute approximate surface area is 108 Å². The van der Waals surface area contributed by atoms with Crippen molar-refractivity contribution in [3.8, 4) is 0 Å². The molecule has 1 saturated heterocycles. The van der Waals surface area contributed by atoms with Crippen molar-refractivity contribution in [1.82, 2.24) is 0 Å². The largest absolute Gasteiger partial charge is 0.396 e. The normalized spacial score (nSPS) is 23.8. The Balaban J connectivity index is 2.15. The van der Waals surface area contributed by atoms with Crippen molar-refractivity contribution in [3.63, 3.8) is 0 Å². The zero-order valence-corrected chi connectivity index (χ0v) is 11.2. The van der Waals surface area contributed by atoms with E-state index < -0.39 is 0 Å². The van der Waals surface area contributed by atoms with Gasteiger partial charge in [0.25, 0.3) is 0 Å². The summed E-state index contributed by atoms with van der Waals surface area (Å²) in [6.07, 6.45) is 1.04. The Bertz CT molecular complexity index is 392. The minimum absolute atomic E-state index is 0.148. The lowest BCUT2D eigenvalue weighted by Gasteiger charge is -2.44. The molecule has 0 bridgehead atoms. The quantitative estimate of drug-likeness (QED) is 0.875. The second-order valence-electron chi connectivity index (χ2n) is 5.56. The summed E-state index contributed by atoms with van der Waals surface area (Å²) in [5.74, 6) is 0.401. The summed E-state index contributed by atoms with van der Waals surface area (Å²) in [6.45, 7) is 6.71. The maximum atomic E-state index is 9.39. The highest BCUT2D eigenvalue weighted by molar-refractivity contribution is 6.30. The van der Waals surface area contributed by atoms with E-state index in [1.165, 1.54) is 5.69 Å². The summed E-state index contributed by atoms with van der Waals surface area (Å²) in [4.78, 5) is 2.36. The zero-order chi connectivity index (χ0) is 12.5. The first-order chi connectivity index (χ1) is 8.03. The van der Waals surface area contributed by atoms with Crippen molar-refractivity contribution in [2.45, 2.75) is 20.3 Å². The Morgan fingerprint density at radius 2 is 2.24 bits per heavy atom. The van der Waals surface area contributed by atoms with Gasteiger partial charge in [-0.3, -0.25) is 0 Å². The average Bonchev–Trinajstić information content (AvgIpc) is 2.27. The van der Waals surface area contributed by atoms with E-state index in [9.17, 15) is 5.11 Å². The Kier molecular flexibility index (Phi) is 3.64. The molecule has 1 heterocycles. The molecule has 1 aromatic rings. The molecule has 0 amide bonds. The molecule has 94 valence electrons. The molecule has 17 heavy (non-hydrogen) atoms. The molecule has 0 aromatic heterocycles. The van der Waals surface area contributed by atoms with Gasteiger partial charge in [0, 0.05) is 30.4 Å². The Morgan fingerprint density at radius 1 is 1.47 bits per heavy atom. The molecule has 1 unspecified atom stereocenters. The topological polar surface area (TPSA) is 23.5 Å². The van der Waals surface area contributed by atoms with Gasteiger partial charge in [0.2, 0.25) is 0 Å². The third-order valence-corrected chi connectivity index (χ3v) is 4.08. The third kappa shape index (κ3) is 2.75. The van der Waals surface area contributed by atoms with Gasteiger partial charge in [-0.05, 0) is 36.0 Å². The number of aliphatic hydroxyl groups is 1. The fraction of sp³-hybridized carbons (Fsp3) is 0.571. The molecular weight excluding hydrogens is 234 g/mol. The number of aliphatic hydroxyl groups excluding tert-OH is 1.